The summed E-state index contributed by atoms with van der Waals surface area (Å²) in [7, 11) is 1.68. The highest BCUT2D eigenvalue weighted by molar-refractivity contribution is 7.98. The first-order valence-corrected chi connectivity index (χ1v) is 10.7. The van der Waals surface area contributed by atoms with E-state index in [4.69, 9.17) is 4.74 Å². The van der Waals surface area contributed by atoms with Crippen LogP contribution in [0.4, 0.5) is 0 Å². The summed E-state index contributed by atoms with van der Waals surface area (Å²) in [4.78, 5) is 20.7. The minimum Gasteiger partial charge on any atom is -0.380 e. The summed E-state index contributed by atoms with van der Waals surface area (Å²) in [6.07, 6.45) is 0. The van der Waals surface area contributed by atoms with Crippen LogP contribution in [-0.2, 0) is 23.6 Å². The Morgan fingerprint density at radius 3 is 2.70 bits per heavy atom. The summed E-state index contributed by atoms with van der Waals surface area (Å²) in [5, 5.41) is 3.88. The summed E-state index contributed by atoms with van der Waals surface area (Å²) in [6.45, 7) is 1.03. The second kappa shape index (κ2) is 9.61. The van der Waals surface area contributed by atoms with Crippen molar-refractivity contribution in [1.29, 1.82) is 0 Å². The molecule has 0 radical (unpaired) electrons. The maximum Gasteiger partial charge on any atom is 0.251 e. The van der Waals surface area contributed by atoms with Gasteiger partial charge in [-0.2, -0.15) is 0 Å². The molecule has 0 aliphatic rings. The average Bonchev–Trinajstić information content (AvgIpc) is 3.20. The van der Waals surface area contributed by atoms with Gasteiger partial charge in [-0.05, 0) is 34.9 Å². The van der Waals surface area contributed by atoms with Gasteiger partial charge in [0.15, 0.2) is 5.16 Å². The molecule has 6 heteroatoms. The third-order valence-corrected chi connectivity index (χ3v) is 5.67. The van der Waals surface area contributed by atoms with Gasteiger partial charge in [0, 0.05) is 25.0 Å². The zero-order chi connectivity index (χ0) is 20.8. The monoisotopic (exact) mass is 417 g/mol. The van der Waals surface area contributed by atoms with Crippen LogP contribution >= 0.6 is 11.8 Å². The Labute approximate surface area is 179 Å². The standard InChI is InChI=1S/C24H23N3O2S/c1-29-15-18-8-6-7-17(13-18)14-25-23(28)20-10-3-2-9-19(20)16-30-24-26-21-11-4-5-12-22(21)27-24/h2-13H,14-16H2,1H3,(H,25,28)(H,26,27). The average molecular weight is 418 g/mol. The van der Waals surface area contributed by atoms with Gasteiger partial charge in [0.25, 0.3) is 5.91 Å². The van der Waals surface area contributed by atoms with Gasteiger partial charge in [-0.3, -0.25) is 4.79 Å². The molecular formula is C24H23N3O2S. The molecule has 152 valence electrons. The fraction of sp³-hybridized carbons (Fsp3) is 0.167. The largest absolute Gasteiger partial charge is 0.380 e. The number of para-hydroxylation sites is 2. The number of imidazole rings is 1. The van der Waals surface area contributed by atoms with E-state index in [9.17, 15) is 4.79 Å². The minimum absolute atomic E-state index is 0.0760. The van der Waals surface area contributed by atoms with Crippen molar-refractivity contribution in [2.24, 2.45) is 0 Å². The van der Waals surface area contributed by atoms with Crippen LogP contribution in [0.1, 0.15) is 27.0 Å². The topological polar surface area (TPSA) is 67.0 Å². The number of ether oxygens (including phenoxy) is 1. The molecule has 4 aromatic rings. The van der Waals surface area contributed by atoms with Crippen molar-refractivity contribution in [3.63, 3.8) is 0 Å². The van der Waals surface area contributed by atoms with Gasteiger partial charge >= 0.3 is 0 Å². The highest BCUT2D eigenvalue weighted by atomic mass is 32.2. The van der Waals surface area contributed by atoms with Crippen molar-refractivity contribution in [1.82, 2.24) is 15.3 Å². The Hall–Kier alpha value is -3.09. The van der Waals surface area contributed by atoms with E-state index in [-0.39, 0.29) is 5.91 Å². The number of hydrogen-bond acceptors (Lipinski definition) is 4. The number of fused-ring (bicyclic) bond motifs is 1. The van der Waals surface area contributed by atoms with Crippen molar-refractivity contribution in [2.75, 3.05) is 7.11 Å². The lowest BCUT2D eigenvalue weighted by atomic mass is 10.1. The maximum absolute atomic E-state index is 12.8. The van der Waals surface area contributed by atoms with E-state index in [0.29, 0.717) is 24.5 Å². The number of nitrogens with zero attached hydrogens (tertiary/aromatic N) is 1. The highest BCUT2D eigenvalue weighted by Gasteiger charge is 2.12. The molecular weight excluding hydrogens is 394 g/mol. The van der Waals surface area contributed by atoms with E-state index >= 15 is 0 Å². The molecule has 0 spiro atoms. The number of H-pyrrole nitrogens is 1. The number of carbonyl (C=O) groups excluding carboxylic acids is 1. The normalized spacial score (nSPS) is 11.0. The second-order valence-electron chi connectivity index (χ2n) is 6.94. The zero-order valence-corrected chi connectivity index (χ0v) is 17.5. The van der Waals surface area contributed by atoms with Crippen molar-refractivity contribution in [3.05, 3.63) is 95.1 Å². The Balaban J connectivity index is 1.41. The van der Waals surface area contributed by atoms with Crippen LogP contribution in [0.15, 0.2) is 78.0 Å². The third kappa shape index (κ3) is 4.90. The lowest BCUT2D eigenvalue weighted by Gasteiger charge is -2.10. The van der Waals surface area contributed by atoms with Gasteiger partial charge in [0.05, 0.1) is 17.6 Å². The van der Waals surface area contributed by atoms with E-state index in [0.717, 1.165) is 32.9 Å². The smallest absolute Gasteiger partial charge is 0.251 e. The highest BCUT2D eigenvalue weighted by Crippen LogP contribution is 2.24. The number of amides is 1. The number of aromatic amines is 1. The molecule has 1 aromatic heterocycles. The molecule has 1 heterocycles. The lowest BCUT2D eigenvalue weighted by Crippen LogP contribution is -2.24. The Morgan fingerprint density at radius 2 is 1.83 bits per heavy atom. The quantitative estimate of drug-likeness (QED) is 0.399. The summed E-state index contributed by atoms with van der Waals surface area (Å²) in [5.41, 5.74) is 5.77. The zero-order valence-electron chi connectivity index (χ0n) is 16.7. The van der Waals surface area contributed by atoms with E-state index in [1.807, 2.05) is 72.8 Å². The number of nitrogens with one attached hydrogen (secondary N) is 2. The predicted molar refractivity (Wildman–Crippen MR) is 120 cm³/mol. The molecule has 30 heavy (non-hydrogen) atoms. The molecule has 5 nitrogen and oxygen atoms in total. The Morgan fingerprint density at radius 1 is 1.03 bits per heavy atom. The Bertz CT molecular complexity index is 1120. The van der Waals surface area contributed by atoms with Crippen molar-refractivity contribution >= 4 is 28.7 Å². The van der Waals surface area contributed by atoms with Crippen molar-refractivity contribution < 1.29 is 9.53 Å². The second-order valence-corrected chi connectivity index (χ2v) is 7.90. The minimum atomic E-state index is -0.0760. The van der Waals surface area contributed by atoms with E-state index < -0.39 is 0 Å². The first-order valence-electron chi connectivity index (χ1n) is 9.73. The molecule has 2 N–H and O–H groups in total. The van der Waals surface area contributed by atoms with Gasteiger partial charge in [-0.1, -0.05) is 66.4 Å². The molecule has 0 saturated carbocycles. The van der Waals surface area contributed by atoms with Gasteiger partial charge < -0.3 is 15.0 Å². The number of methoxy groups -OCH3 is 1. The van der Waals surface area contributed by atoms with Crippen LogP contribution in [0.2, 0.25) is 0 Å². The first kappa shape index (κ1) is 20.2. The maximum atomic E-state index is 12.8. The first-order chi connectivity index (χ1) is 14.7. The fourth-order valence-corrected chi connectivity index (χ4v) is 4.17. The van der Waals surface area contributed by atoms with Crippen LogP contribution in [0, 0.1) is 0 Å². The number of hydrogen-bond donors (Lipinski definition) is 2. The SMILES string of the molecule is COCc1cccc(CNC(=O)c2ccccc2CSc2nc3ccccc3[nH]2)c1. The van der Waals surface area contributed by atoms with Crippen LogP contribution in [-0.4, -0.2) is 23.0 Å². The molecule has 0 unspecified atom stereocenters. The third-order valence-electron chi connectivity index (χ3n) is 4.75. The summed E-state index contributed by atoms with van der Waals surface area (Å²) < 4.78 is 5.18. The lowest BCUT2D eigenvalue weighted by molar-refractivity contribution is 0.0950. The van der Waals surface area contributed by atoms with Crippen LogP contribution < -0.4 is 5.32 Å². The van der Waals surface area contributed by atoms with Gasteiger partial charge in [0.1, 0.15) is 0 Å². The van der Waals surface area contributed by atoms with E-state index in [1.165, 1.54) is 0 Å². The molecule has 0 aliphatic heterocycles. The number of thioether (sulfide) groups is 1. The predicted octanol–water partition coefficient (Wildman–Crippen LogP) is 4.93. The van der Waals surface area contributed by atoms with Gasteiger partial charge in [0.2, 0.25) is 0 Å². The molecule has 3 aromatic carbocycles. The number of benzene rings is 3. The number of rotatable bonds is 8. The number of aromatic nitrogens is 2. The van der Waals surface area contributed by atoms with Gasteiger partial charge in [-0.25, -0.2) is 4.98 Å². The molecule has 0 aliphatic carbocycles. The molecule has 0 bridgehead atoms. The molecule has 0 saturated heterocycles. The summed E-state index contributed by atoms with van der Waals surface area (Å²) in [5.74, 6) is 0.583. The molecule has 0 fully saturated rings. The van der Waals surface area contributed by atoms with Crippen LogP contribution in [0.25, 0.3) is 11.0 Å². The Kier molecular flexibility index (Phi) is 6.47. The molecule has 1 amide bonds. The van der Waals surface area contributed by atoms with Crippen LogP contribution in [0.5, 0.6) is 0 Å². The molecule has 4 rings (SSSR count). The summed E-state index contributed by atoms with van der Waals surface area (Å²) in [6, 6.07) is 23.7. The molecule has 0 atom stereocenters. The van der Waals surface area contributed by atoms with E-state index in [1.54, 1.807) is 18.9 Å². The van der Waals surface area contributed by atoms with Crippen molar-refractivity contribution in [2.45, 2.75) is 24.1 Å². The van der Waals surface area contributed by atoms with Crippen molar-refractivity contribution in [3.8, 4) is 0 Å². The van der Waals surface area contributed by atoms with Crippen LogP contribution in [0.3, 0.4) is 0 Å². The fourth-order valence-electron chi connectivity index (χ4n) is 3.29. The summed E-state index contributed by atoms with van der Waals surface area (Å²) >= 11 is 1.59. The number of carbonyl (C=O) groups is 1. The van der Waals surface area contributed by atoms with Gasteiger partial charge in [-0.15, -0.1) is 0 Å². The van der Waals surface area contributed by atoms with E-state index in [2.05, 4.69) is 15.3 Å².